The van der Waals surface area contributed by atoms with E-state index in [0.717, 1.165) is 21.8 Å². The third-order valence-electron chi connectivity index (χ3n) is 3.67. The Morgan fingerprint density at radius 1 is 0.955 bits per heavy atom. The second-order valence-corrected chi connectivity index (χ2v) is 4.97. The van der Waals surface area contributed by atoms with Crippen LogP contribution in [0.4, 0.5) is 0 Å². The molecule has 0 aliphatic rings. The molecule has 0 saturated carbocycles. The molecule has 0 aliphatic carbocycles. The zero-order valence-electron chi connectivity index (χ0n) is 11.6. The third-order valence-corrected chi connectivity index (χ3v) is 3.67. The molecule has 3 rings (SSSR count). The molecular formula is C17H13NO4. The van der Waals surface area contributed by atoms with Crippen molar-refractivity contribution in [3.63, 3.8) is 0 Å². The van der Waals surface area contributed by atoms with Gasteiger partial charge in [0.15, 0.2) is 0 Å². The summed E-state index contributed by atoms with van der Waals surface area (Å²) in [6.45, 7) is 4.29. The lowest BCUT2D eigenvalue weighted by molar-refractivity contribution is 0.0686. The molecule has 5 nitrogen and oxygen atoms in total. The van der Waals surface area contributed by atoms with Crippen molar-refractivity contribution < 1.29 is 19.8 Å². The molecule has 2 aromatic carbocycles. The third kappa shape index (κ3) is 2.03. The van der Waals surface area contributed by atoms with Crippen LogP contribution in [0.2, 0.25) is 0 Å². The molecular weight excluding hydrogens is 282 g/mol. The molecule has 0 atom stereocenters. The molecule has 0 saturated heterocycles. The minimum absolute atomic E-state index is 0.172. The van der Waals surface area contributed by atoms with Gasteiger partial charge in [0.25, 0.3) is 0 Å². The van der Waals surface area contributed by atoms with Crippen LogP contribution in [0.5, 0.6) is 0 Å². The SMILES string of the molecule is C=CCn1c2ccc(C(=O)O)cc2c2cc(C(=O)O)ccc21. The smallest absolute Gasteiger partial charge is 0.335 e. The number of allylic oxidation sites excluding steroid dienone is 1. The van der Waals surface area contributed by atoms with Crippen molar-refractivity contribution in [1.29, 1.82) is 0 Å². The highest BCUT2D eigenvalue weighted by atomic mass is 16.4. The van der Waals surface area contributed by atoms with Crippen LogP contribution < -0.4 is 0 Å². The van der Waals surface area contributed by atoms with E-state index in [0.29, 0.717) is 6.54 Å². The van der Waals surface area contributed by atoms with E-state index < -0.39 is 11.9 Å². The zero-order valence-corrected chi connectivity index (χ0v) is 11.6. The fraction of sp³-hybridized carbons (Fsp3) is 0.0588. The predicted octanol–water partition coefficient (Wildman–Crippen LogP) is 3.38. The summed E-state index contributed by atoms with van der Waals surface area (Å²) in [5.74, 6) is -2.03. The van der Waals surface area contributed by atoms with Gasteiger partial charge in [-0.15, -0.1) is 6.58 Å². The minimum Gasteiger partial charge on any atom is -0.478 e. The Hall–Kier alpha value is -3.08. The van der Waals surface area contributed by atoms with Gasteiger partial charge in [0.05, 0.1) is 11.1 Å². The summed E-state index contributed by atoms with van der Waals surface area (Å²) < 4.78 is 1.98. The summed E-state index contributed by atoms with van der Waals surface area (Å²) in [4.78, 5) is 22.3. The quantitative estimate of drug-likeness (QED) is 0.723. The lowest BCUT2D eigenvalue weighted by Crippen LogP contribution is -1.97. The maximum atomic E-state index is 11.2. The maximum absolute atomic E-state index is 11.2. The normalized spacial score (nSPS) is 10.9. The Bertz CT molecular complexity index is 865. The van der Waals surface area contributed by atoms with E-state index in [9.17, 15) is 9.59 Å². The molecule has 0 amide bonds. The number of aromatic carboxylic acids is 2. The van der Waals surface area contributed by atoms with Crippen LogP contribution in [0, 0.1) is 0 Å². The van der Waals surface area contributed by atoms with E-state index >= 15 is 0 Å². The number of benzene rings is 2. The highest BCUT2D eigenvalue weighted by Gasteiger charge is 2.14. The molecule has 0 aliphatic heterocycles. The monoisotopic (exact) mass is 295 g/mol. The van der Waals surface area contributed by atoms with Gasteiger partial charge < -0.3 is 14.8 Å². The van der Waals surface area contributed by atoms with E-state index in [4.69, 9.17) is 10.2 Å². The highest BCUT2D eigenvalue weighted by Crippen LogP contribution is 2.30. The van der Waals surface area contributed by atoms with Crippen molar-refractivity contribution in [3.05, 3.63) is 60.2 Å². The van der Waals surface area contributed by atoms with Gasteiger partial charge in [0, 0.05) is 28.4 Å². The summed E-state index contributed by atoms with van der Waals surface area (Å²) in [5, 5.41) is 19.7. The van der Waals surface area contributed by atoms with E-state index in [-0.39, 0.29) is 11.1 Å². The fourth-order valence-corrected chi connectivity index (χ4v) is 2.70. The standard InChI is InChI=1S/C17H13NO4/c1-2-7-18-14-5-3-10(16(19)20)8-12(14)13-9-11(17(21)22)4-6-15(13)18/h2-6,8-9H,1,7H2,(H,19,20)(H,21,22). The maximum Gasteiger partial charge on any atom is 0.335 e. The average molecular weight is 295 g/mol. The average Bonchev–Trinajstić information content (AvgIpc) is 2.81. The number of aromatic nitrogens is 1. The number of carbonyl (C=O) groups is 2. The summed E-state index contributed by atoms with van der Waals surface area (Å²) in [7, 11) is 0. The summed E-state index contributed by atoms with van der Waals surface area (Å²) in [6.07, 6.45) is 1.75. The summed E-state index contributed by atoms with van der Waals surface area (Å²) >= 11 is 0. The van der Waals surface area contributed by atoms with Crippen LogP contribution in [0.1, 0.15) is 20.7 Å². The van der Waals surface area contributed by atoms with Gasteiger partial charge in [-0.3, -0.25) is 0 Å². The van der Waals surface area contributed by atoms with Crippen molar-refractivity contribution in [3.8, 4) is 0 Å². The largest absolute Gasteiger partial charge is 0.478 e. The van der Waals surface area contributed by atoms with Crippen molar-refractivity contribution in [2.45, 2.75) is 6.54 Å². The van der Waals surface area contributed by atoms with Crippen LogP contribution in [0.15, 0.2) is 49.1 Å². The summed E-state index contributed by atoms with van der Waals surface area (Å²) in [5.41, 5.74) is 2.04. The van der Waals surface area contributed by atoms with E-state index in [1.165, 1.54) is 0 Å². The molecule has 0 radical (unpaired) electrons. The van der Waals surface area contributed by atoms with Gasteiger partial charge in [-0.05, 0) is 36.4 Å². The van der Waals surface area contributed by atoms with Gasteiger partial charge in [0.1, 0.15) is 0 Å². The molecule has 1 heterocycles. The zero-order chi connectivity index (χ0) is 15.9. The first-order valence-corrected chi connectivity index (χ1v) is 6.66. The topological polar surface area (TPSA) is 79.5 Å². The predicted molar refractivity (Wildman–Crippen MR) is 83.6 cm³/mol. The van der Waals surface area contributed by atoms with Crippen LogP contribution >= 0.6 is 0 Å². The van der Waals surface area contributed by atoms with E-state index in [1.54, 1.807) is 42.5 Å². The minimum atomic E-state index is -1.01. The molecule has 5 heteroatoms. The number of nitrogens with zero attached hydrogens (tertiary/aromatic N) is 1. The first-order valence-electron chi connectivity index (χ1n) is 6.66. The summed E-state index contributed by atoms with van der Waals surface area (Å²) in [6, 6.07) is 9.71. The first-order chi connectivity index (χ1) is 10.5. The number of fused-ring (bicyclic) bond motifs is 3. The number of hydrogen-bond acceptors (Lipinski definition) is 2. The molecule has 0 fully saturated rings. The molecule has 3 aromatic rings. The number of hydrogen-bond donors (Lipinski definition) is 2. The number of rotatable bonds is 4. The van der Waals surface area contributed by atoms with E-state index in [2.05, 4.69) is 6.58 Å². The Labute approximate surface area is 125 Å². The molecule has 22 heavy (non-hydrogen) atoms. The number of carboxylic acid groups (broad SMARTS) is 2. The second kappa shape index (κ2) is 5.04. The van der Waals surface area contributed by atoms with Crippen molar-refractivity contribution in [2.75, 3.05) is 0 Å². The van der Waals surface area contributed by atoms with Crippen LogP contribution in [0.25, 0.3) is 21.8 Å². The van der Waals surface area contributed by atoms with Crippen molar-refractivity contribution >= 4 is 33.7 Å². The van der Waals surface area contributed by atoms with Gasteiger partial charge in [-0.1, -0.05) is 6.08 Å². The fourth-order valence-electron chi connectivity index (χ4n) is 2.70. The molecule has 110 valence electrons. The van der Waals surface area contributed by atoms with Crippen LogP contribution in [-0.4, -0.2) is 26.7 Å². The van der Waals surface area contributed by atoms with Gasteiger partial charge >= 0.3 is 11.9 Å². The van der Waals surface area contributed by atoms with Crippen LogP contribution in [0.3, 0.4) is 0 Å². The Morgan fingerprint density at radius 3 is 1.77 bits per heavy atom. The highest BCUT2D eigenvalue weighted by molar-refractivity contribution is 6.11. The van der Waals surface area contributed by atoms with Crippen molar-refractivity contribution in [2.24, 2.45) is 0 Å². The van der Waals surface area contributed by atoms with Crippen LogP contribution in [-0.2, 0) is 6.54 Å². The Balaban J connectivity index is 2.44. The Morgan fingerprint density at radius 2 is 1.41 bits per heavy atom. The molecule has 0 unspecified atom stereocenters. The van der Waals surface area contributed by atoms with Crippen molar-refractivity contribution in [1.82, 2.24) is 4.57 Å². The first kappa shape index (κ1) is 13.9. The lowest BCUT2D eigenvalue weighted by atomic mass is 10.1. The van der Waals surface area contributed by atoms with Gasteiger partial charge in [-0.2, -0.15) is 0 Å². The Kier molecular flexibility index (Phi) is 3.18. The number of carboxylic acids is 2. The van der Waals surface area contributed by atoms with Gasteiger partial charge in [-0.25, -0.2) is 9.59 Å². The van der Waals surface area contributed by atoms with E-state index in [1.807, 2.05) is 4.57 Å². The second-order valence-electron chi connectivity index (χ2n) is 4.97. The molecule has 0 bridgehead atoms. The molecule has 1 aromatic heterocycles. The lowest BCUT2D eigenvalue weighted by Gasteiger charge is -2.03. The molecule has 2 N–H and O–H groups in total. The van der Waals surface area contributed by atoms with Gasteiger partial charge in [0.2, 0.25) is 0 Å². The molecule has 0 spiro atoms.